The van der Waals surface area contributed by atoms with Crippen molar-refractivity contribution in [3.05, 3.63) is 117 Å². The van der Waals surface area contributed by atoms with Crippen molar-refractivity contribution in [2.24, 2.45) is 10.4 Å². The second-order valence-corrected chi connectivity index (χ2v) is 14.6. The van der Waals surface area contributed by atoms with Crippen LogP contribution in [0.3, 0.4) is 0 Å². The van der Waals surface area contributed by atoms with Crippen LogP contribution in [-0.2, 0) is 29.7 Å². The minimum absolute atomic E-state index is 0. The number of benzene rings is 3. The number of aliphatic hydroxyl groups is 1. The zero-order valence-electron chi connectivity index (χ0n) is 28.5. The molecular formula is C36H45ClN3O8P. The summed E-state index contributed by atoms with van der Waals surface area (Å²) >= 11 is 0. The molecule has 0 aliphatic carbocycles. The summed E-state index contributed by atoms with van der Waals surface area (Å²) in [6, 6.07) is 25.9. The van der Waals surface area contributed by atoms with Gasteiger partial charge in [-0.3, -0.25) is 19.7 Å². The molecular weight excluding hydrogens is 669 g/mol. The standard InChI is InChI=1S/C34H38N3O7P.C2H6O.ClH/c1-24-30(33(38)42-19-18-36(28-15-9-6-10-16-28)21-26-12-7-5-8-13-26)31(27-14-11-17-29(20-27)37(39)40)32(25(2)35-24)45(41)43-22-34(3,4)23-44-45;1-2-3;/h5-17,20,31-32H,18-19,21-23H2,1-4H3;3H,2H2,1H3;1H. The number of anilines is 1. The molecule has 49 heavy (non-hydrogen) atoms. The first kappa shape index (κ1) is 39.6. The Morgan fingerprint density at radius 3 is 2.22 bits per heavy atom. The maximum Gasteiger partial charge on any atom is 0.340 e. The van der Waals surface area contributed by atoms with Crippen molar-refractivity contribution < 1.29 is 33.2 Å². The molecule has 2 unspecified atom stereocenters. The predicted octanol–water partition coefficient (Wildman–Crippen LogP) is 7.73. The van der Waals surface area contributed by atoms with E-state index in [9.17, 15) is 19.5 Å². The number of carbonyl (C=O) groups excluding carboxylic acids is 1. The van der Waals surface area contributed by atoms with Gasteiger partial charge in [0.2, 0.25) is 0 Å². The summed E-state index contributed by atoms with van der Waals surface area (Å²) in [4.78, 5) is 31.9. The highest BCUT2D eigenvalue weighted by Crippen LogP contribution is 2.63. The van der Waals surface area contributed by atoms with Gasteiger partial charge in [0.15, 0.2) is 0 Å². The number of carbonyl (C=O) groups is 1. The summed E-state index contributed by atoms with van der Waals surface area (Å²) in [5.41, 5.74) is 2.06. The van der Waals surface area contributed by atoms with Crippen molar-refractivity contribution in [1.82, 2.24) is 0 Å². The van der Waals surface area contributed by atoms with Gasteiger partial charge < -0.3 is 23.8 Å². The van der Waals surface area contributed by atoms with Crippen molar-refractivity contribution in [1.29, 1.82) is 0 Å². The van der Waals surface area contributed by atoms with E-state index >= 15 is 0 Å². The van der Waals surface area contributed by atoms with Crippen LogP contribution < -0.4 is 4.90 Å². The number of esters is 1. The van der Waals surface area contributed by atoms with Crippen LogP contribution in [0.25, 0.3) is 0 Å². The Balaban J connectivity index is 0.00000157. The number of aliphatic imine (C=N–C) groups is 1. The molecule has 0 saturated carbocycles. The number of aliphatic hydroxyl groups excluding tert-OH is 1. The van der Waals surface area contributed by atoms with E-state index in [1.807, 2.05) is 74.5 Å². The fourth-order valence-electron chi connectivity index (χ4n) is 5.72. The summed E-state index contributed by atoms with van der Waals surface area (Å²) in [5, 5.41) is 19.3. The third-order valence-corrected chi connectivity index (χ3v) is 10.3. The van der Waals surface area contributed by atoms with E-state index in [0.29, 0.717) is 30.1 Å². The van der Waals surface area contributed by atoms with E-state index in [2.05, 4.69) is 9.89 Å². The second kappa shape index (κ2) is 17.7. The molecule has 5 rings (SSSR count). The van der Waals surface area contributed by atoms with Crippen molar-refractivity contribution in [3.63, 3.8) is 0 Å². The number of hydrogen-bond donors (Lipinski definition) is 1. The highest BCUT2D eigenvalue weighted by atomic mass is 35.5. The molecule has 3 aromatic carbocycles. The topological polar surface area (TPSA) is 141 Å². The number of nitro benzene ring substituents is 1. The molecule has 0 amide bonds. The largest absolute Gasteiger partial charge is 0.460 e. The summed E-state index contributed by atoms with van der Waals surface area (Å²) in [5.74, 6) is -1.54. The van der Waals surface area contributed by atoms with Crippen molar-refractivity contribution >= 4 is 43.1 Å². The zero-order chi connectivity index (χ0) is 34.9. The molecule has 2 heterocycles. The molecule has 2 aliphatic heterocycles. The normalized spacial score (nSPS) is 19.3. The Morgan fingerprint density at radius 2 is 1.63 bits per heavy atom. The number of non-ortho nitro benzene ring substituents is 1. The maximum absolute atomic E-state index is 14.4. The van der Waals surface area contributed by atoms with Gasteiger partial charge in [0, 0.05) is 53.7 Å². The average Bonchev–Trinajstić information content (AvgIpc) is 3.06. The highest BCUT2D eigenvalue weighted by Gasteiger charge is 2.52. The summed E-state index contributed by atoms with van der Waals surface area (Å²) in [6.07, 6.45) is 0. The number of halogens is 1. The molecule has 1 N–H and O–H groups in total. The fourth-order valence-corrected chi connectivity index (χ4v) is 8.38. The lowest BCUT2D eigenvalue weighted by atomic mass is 9.83. The van der Waals surface area contributed by atoms with Gasteiger partial charge in [0.1, 0.15) is 12.3 Å². The van der Waals surface area contributed by atoms with E-state index < -0.39 is 30.1 Å². The predicted molar refractivity (Wildman–Crippen MR) is 194 cm³/mol. The Bertz CT molecular complexity index is 1670. The number of rotatable bonds is 10. The number of nitrogens with zero attached hydrogens (tertiary/aromatic N) is 3. The van der Waals surface area contributed by atoms with Crippen LogP contribution in [0.2, 0.25) is 0 Å². The smallest absolute Gasteiger partial charge is 0.340 e. The van der Waals surface area contributed by atoms with Crippen LogP contribution >= 0.6 is 20.0 Å². The van der Waals surface area contributed by atoms with Gasteiger partial charge in [-0.2, -0.15) is 0 Å². The number of allylic oxidation sites excluding steroid dienone is 1. The van der Waals surface area contributed by atoms with Crippen LogP contribution in [-0.4, -0.2) is 60.3 Å². The first-order valence-electron chi connectivity index (χ1n) is 15.9. The molecule has 0 aromatic heterocycles. The lowest BCUT2D eigenvalue weighted by molar-refractivity contribution is -0.384. The van der Waals surface area contributed by atoms with Crippen LogP contribution in [0.1, 0.15) is 51.7 Å². The first-order chi connectivity index (χ1) is 22.9. The van der Waals surface area contributed by atoms with Crippen LogP contribution in [0.5, 0.6) is 0 Å². The van der Waals surface area contributed by atoms with Gasteiger partial charge in [-0.15, -0.1) is 12.4 Å². The monoisotopic (exact) mass is 713 g/mol. The zero-order valence-corrected chi connectivity index (χ0v) is 30.2. The number of ether oxygens (including phenoxy) is 1. The Morgan fingerprint density at radius 1 is 1.04 bits per heavy atom. The number of para-hydroxylation sites is 1. The second-order valence-electron chi connectivity index (χ2n) is 12.5. The molecule has 0 bridgehead atoms. The SMILES string of the molecule is CC1=NC(C)=C(C(=O)OCCN(Cc2ccccc2)c2ccccc2)C(c2cccc([N+](=O)[O-])c2)C1P1(=O)OCC(C)(C)CO1.CCO.Cl. The third kappa shape index (κ3) is 10.1. The average molecular weight is 714 g/mol. The molecule has 2 atom stereocenters. The maximum atomic E-state index is 14.4. The molecule has 0 radical (unpaired) electrons. The Labute approximate surface area is 294 Å². The molecule has 3 aromatic rings. The fraction of sp³-hybridized carbons (Fsp3) is 0.389. The quantitative estimate of drug-likeness (QED) is 0.0967. The minimum atomic E-state index is -3.86. The number of hydrogen-bond acceptors (Lipinski definition) is 10. The van der Waals surface area contributed by atoms with Gasteiger partial charge in [0.25, 0.3) is 5.69 Å². The van der Waals surface area contributed by atoms with E-state index in [1.54, 1.807) is 32.9 Å². The van der Waals surface area contributed by atoms with E-state index in [0.717, 1.165) is 11.3 Å². The van der Waals surface area contributed by atoms with Crippen LogP contribution in [0.4, 0.5) is 11.4 Å². The van der Waals surface area contributed by atoms with Gasteiger partial charge in [-0.25, -0.2) is 4.79 Å². The van der Waals surface area contributed by atoms with Crippen LogP contribution in [0, 0.1) is 15.5 Å². The van der Waals surface area contributed by atoms with Gasteiger partial charge in [-0.05, 0) is 44.0 Å². The molecule has 1 fully saturated rings. The lowest BCUT2D eigenvalue weighted by Gasteiger charge is -2.41. The first-order valence-corrected chi connectivity index (χ1v) is 17.5. The molecule has 0 spiro atoms. The summed E-state index contributed by atoms with van der Waals surface area (Å²) in [6.45, 7) is 10.7. The van der Waals surface area contributed by atoms with Crippen molar-refractivity contribution in [2.45, 2.75) is 52.7 Å². The lowest BCUT2D eigenvalue weighted by Crippen LogP contribution is -2.40. The Kier molecular flexibility index (Phi) is 14.3. The van der Waals surface area contributed by atoms with E-state index in [-0.39, 0.29) is 55.5 Å². The highest BCUT2D eigenvalue weighted by molar-refractivity contribution is 7.56. The van der Waals surface area contributed by atoms with Crippen molar-refractivity contribution in [2.75, 3.05) is 37.9 Å². The van der Waals surface area contributed by atoms with Gasteiger partial charge in [-0.1, -0.05) is 74.5 Å². The van der Waals surface area contributed by atoms with Gasteiger partial charge >= 0.3 is 13.6 Å². The Hall–Kier alpha value is -3.86. The summed E-state index contributed by atoms with van der Waals surface area (Å²) in [7, 11) is -3.86. The third-order valence-electron chi connectivity index (χ3n) is 7.99. The van der Waals surface area contributed by atoms with Crippen molar-refractivity contribution in [3.8, 4) is 0 Å². The summed E-state index contributed by atoms with van der Waals surface area (Å²) < 4.78 is 32.1. The molecule has 1 saturated heterocycles. The molecule has 2 aliphatic rings. The van der Waals surface area contributed by atoms with E-state index in [4.69, 9.17) is 18.9 Å². The van der Waals surface area contributed by atoms with E-state index in [1.165, 1.54) is 12.1 Å². The van der Waals surface area contributed by atoms with Gasteiger partial charge in [0.05, 0.1) is 30.3 Å². The molecule has 11 nitrogen and oxygen atoms in total. The molecule has 13 heteroatoms. The minimum Gasteiger partial charge on any atom is -0.460 e. The number of nitro groups is 1. The molecule has 264 valence electrons. The van der Waals surface area contributed by atoms with Crippen LogP contribution in [0.15, 0.2) is 101 Å².